The first-order valence-electron chi connectivity index (χ1n) is 6.52. The Kier molecular flexibility index (Phi) is 4.52. The average molecular weight is 280 g/mol. The molecule has 0 aliphatic rings. The van der Waals surface area contributed by atoms with Gasteiger partial charge in [0.25, 0.3) is 0 Å². The van der Waals surface area contributed by atoms with Crippen LogP contribution in [0.5, 0.6) is 0 Å². The van der Waals surface area contributed by atoms with Crippen molar-refractivity contribution in [3.05, 3.63) is 59.4 Å². The first kappa shape index (κ1) is 14.5. The molecular formula is C16H16N4O. The highest BCUT2D eigenvalue weighted by atomic mass is 16.2. The van der Waals surface area contributed by atoms with Gasteiger partial charge in [-0.3, -0.25) is 9.78 Å². The third-order valence-corrected chi connectivity index (χ3v) is 3.11. The molecule has 106 valence electrons. The number of nitriles is 1. The summed E-state index contributed by atoms with van der Waals surface area (Å²) in [5.41, 5.74) is 8.43. The Morgan fingerprint density at radius 3 is 2.57 bits per heavy atom. The summed E-state index contributed by atoms with van der Waals surface area (Å²) >= 11 is 0. The highest BCUT2D eigenvalue weighted by molar-refractivity contribution is 5.78. The summed E-state index contributed by atoms with van der Waals surface area (Å²) < 4.78 is 0. The maximum atomic E-state index is 12.1. The minimum Gasteiger partial charge on any atom is -0.397 e. The van der Waals surface area contributed by atoms with Crippen molar-refractivity contribution in [2.45, 2.75) is 13.0 Å². The molecule has 2 aromatic rings. The SMILES string of the molecule is CN(Cc1ccc(C#N)cc1)C(=O)Cc1ccc(N)cn1. The number of carbonyl (C=O) groups is 1. The zero-order valence-electron chi connectivity index (χ0n) is 11.8. The topological polar surface area (TPSA) is 83.0 Å². The molecule has 2 rings (SSSR count). The number of hydrogen-bond donors (Lipinski definition) is 1. The van der Waals surface area contributed by atoms with E-state index in [0.717, 1.165) is 5.56 Å². The number of nitrogens with two attached hydrogens (primary N) is 1. The van der Waals surface area contributed by atoms with Crippen molar-refractivity contribution in [1.82, 2.24) is 9.88 Å². The Balaban J connectivity index is 1.95. The fourth-order valence-electron chi connectivity index (χ4n) is 1.88. The van der Waals surface area contributed by atoms with E-state index in [1.165, 1.54) is 0 Å². The predicted octanol–water partition coefficient (Wildman–Crippen LogP) is 1.74. The molecule has 0 bridgehead atoms. The summed E-state index contributed by atoms with van der Waals surface area (Å²) in [7, 11) is 1.75. The average Bonchev–Trinajstić information content (AvgIpc) is 2.50. The molecule has 0 saturated heterocycles. The predicted molar refractivity (Wildman–Crippen MR) is 80.0 cm³/mol. The molecule has 0 unspecified atom stereocenters. The molecule has 1 aromatic heterocycles. The Hall–Kier alpha value is -2.87. The Labute approximate surface area is 123 Å². The van der Waals surface area contributed by atoms with E-state index in [4.69, 9.17) is 11.0 Å². The maximum absolute atomic E-state index is 12.1. The van der Waals surface area contributed by atoms with Crippen LogP contribution in [0.25, 0.3) is 0 Å². The van der Waals surface area contributed by atoms with Gasteiger partial charge in [0.1, 0.15) is 0 Å². The van der Waals surface area contributed by atoms with Crippen molar-refractivity contribution in [2.24, 2.45) is 0 Å². The summed E-state index contributed by atoms with van der Waals surface area (Å²) in [6.07, 6.45) is 1.79. The number of nitrogens with zero attached hydrogens (tertiary/aromatic N) is 3. The fraction of sp³-hybridized carbons (Fsp3) is 0.188. The molecule has 5 nitrogen and oxygen atoms in total. The van der Waals surface area contributed by atoms with Crippen LogP contribution in [0.15, 0.2) is 42.6 Å². The molecule has 1 amide bonds. The molecule has 2 N–H and O–H groups in total. The van der Waals surface area contributed by atoms with Crippen LogP contribution in [0.3, 0.4) is 0 Å². The molecular weight excluding hydrogens is 264 g/mol. The lowest BCUT2D eigenvalue weighted by Gasteiger charge is -2.17. The van der Waals surface area contributed by atoms with E-state index in [-0.39, 0.29) is 12.3 Å². The number of nitrogen functional groups attached to an aromatic ring is 1. The van der Waals surface area contributed by atoms with Crippen molar-refractivity contribution in [3.63, 3.8) is 0 Å². The summed E-state index contributed by atoms with van der Waals surface area (Å²) in [4.78, 5) is 17.9. The lowest BCUT2D eigenvalue weighted by molar-refractivity contribution is -0.129. The first-order chi connectivity index (χ1) is 10.1. The van der Waals surface area contributed by atoms with Gasteiger partial charge in [-0.05, 0) is 29.8 Å². The van der Waals surface area contributed by atoms with Crippen LogP contribution >= 0.6 is 0 Å². The summed E-state index contributed by atoms with van der Waals surface area (Å²) in [6.45, 7) is 0.500. The molecule has 0 fully saturated rings. The largest absolute Gasteiger partial charge is 0.397 e. The smallest absolute Gasteiger partial charge is 0.228 e. The van der Waals surface area contributed by atoms with E-state index in [9.17, 15) is 4.79 Å². The molecule has 21 heavy (non-hydrogen) atoms. The van der Waals surface area contributed by atoms with E-state index in [2.05, 4.69) is 11.1 Å². The quantitative estimate of drug-likeness (QED) is 0.924. The lowest BCUT2D eigenvalue weighted by atomic mass is 10.1. The van der Waals surface area contributed by atoms with Gasteiger partial charge in [-0.15, -0.1) is 0 Å². The summed E-state index contributed by atoms with van der Waals surface area (Å²) in [5, 5.41) is 8.75. The zero-order valence-corrected chi connectivity index (χ0v) is 11.8. The molecule has 0 spiro atoms. The van der Waals surface area contributed by atoms with Crippen molar-refractivity contribution in [1.29, 1.82) is 5.26 Å². The van der Waals surface area contributed by atoms with Crippen LogP contribution < -0.4 is 5.73 Å². The van der Waals surface area contributed by atoms with Crippen LogP contribution in [0.4, 0.5) is 5.69 Å². The van der Waals surface area contributed by atoms with Crippen molar-refractivity contribution in [2.75, 3.05) is 12.8 Å². The lowest BCUT2D eigenvalue weighted by Crippen LogP contribution is -2.28. The molecule has 0 atom stereocenters. The highest BCUT2D eigenvalue weighted by Crippen LogP contribution is 2.08. The second kappa shape index (κ2) is 6.53. The van der Waals surface area contributed by atoms with Gasteiger partial charge in [0.15, 0.2) is 0 Å². The maximum Gasteiger partial charge on any atom is 0.228 e. The van der Waals surface area contributed by atoms with Crippen LogP contribution in [-0.4, -0.2) is 22.8 Å². The monoisotopic (exact) mass is 280 g/mol. The summed E-state index contributed by atoms with van der Waals surface area (Å²) in [5.74, 6) is -0.0170. The molecule has 0 saturated carbocycles. The number of amides is 1. The van der Waals surface area contributed by atoms with Crippen molar-refractivity contribution >= 4 is 11.6 Å². The second-order valence-electron chi connectivity index (χ2n) is 4.82. The molecule has 1 aromatic carbocycles. The minimum absolute atomic E-state index is 0.0170. The molecule has 0 aliphatic heterocycles. The van der Waals surface area contributed by atoms with Gasteiger partial charge < -0.3 is 10.6 Å². The Morgan fingerprint density at radius 1 is 1.29 bits per heavy atom. The molecule has 1 heterocycles. The number of carbonyl (C=O) groups excluding carboxylic acids is 1. The molecule has 0 aliphatic carbocycles. The van der Waals surface area contributed by atoms with E-state index < -0.39 is 0 Å². The third-order valence-electron chi connectivity index (χ3n) is 3.11. The zero-order chi connectivity index (χ0) is 15.2. The number of anilines is 1. The Bertz CT molecular complexity index is 656. The molecule has 0 radical (unpaired) electrons. The minimum atomic E-state index is -0.0170. The number of aromatic nitrogens is 1. The molecule has 5 heteroatoms. The number of likely N-dealkylation sites (N-methyl/N-ethyl adjacent to an activating group) is 1. The van der Waals surface area contributed by atoms with Crippen molar-refractivity contribution < 1.29 is 4.79 Å². The van der Waals surface area contributed by atoms with Crippen LogP contribution in [0.1, 0.15) is 16.8 Å². The highest BCUT2D eigenvalue weighted by Gasteiger charge is 2.11. The second-order valence-corrected chi connectivity index (χ2v) is 4.82. The fourth-order valence-corrected chi connectivity index (χ4v) is 1.88. The van der Waals surface area contributed by atoms with Crippen LogP contribution in [0, 0.1) is 11.3 Å². The van der Waals surface area contributed by atoms with E-state index in [0.29, 0.717) is 23.5 Å². The first-order valence-corrected chi connectivity index (χ1v) is 6.52. The van der Waals surface area contributed by atoms with Gasteiger partial charge in [-0.25, -0.2) is 0 Å². The number of pyridine rings is 1. The summed E-state index contributed by atoms with van der Waals surface area (Å²) in [6, 6.07) is 12.7. The number of rotatable bonds is 4. The van der Waals surface area contributed by atoms with E-state index in [1.807, 2.05) is 12.1 Å². The van der Waals surface area contributed by atoms with Gasteiger partial charge >= 0.3 is 0 Å². The van der Waals surface area contributed by atoms with Gasteiger partial charge in [-0.2, -0.15) is 5.26 Å². The number of hydrogen-bond acceptors (Lipinski definition) is 4. The third kappa shape index (κ3) is 4.05. The van der Waals surface area contributed by atoms with Gasteiger partial charge in [-0.1, -0.05) is 12.1 Å². The van der Waals surface area contributed by atoms with E-state index >= 15 is 0 Å². The van der Waals surface area contributed by atoms with Gasteiger partial charge in [0.05, 0.1) is 29.9 Å². The Morgan fingerprint density at radius 2 is 2.00 bits per heavy atom. The standard InChI is InChI=1S/C16H16N4O/c1-20(11-13-4-2-12(9-17)3-5-13)16(21)8-15-7-6-14(18)10-19-15/h2-7,10H,8,11,18H2,1H3. The van der Waals surface area contributed by atoms with Crippen LogP contribution in [0.2, 0.25) is 0 Å². The normalized spacial score (nSPS) is 9.90. The number of benzene rings is 1. The van der Waals surface area contributed by atoms with Crippen LogP contribution in [-0.2, 0) is 17.8 Å². The van der Waals surface area contributed by atoms with Gasteiger partial charge in [0.2, 0.25) is 5.91 Å². The van der Waals surface area contributed by atoms with Crippen molar-refractivity contribution in [3.8, 4) is 6.07 Å². The van der Waals surface area contributed by atoms with E-state index in [1.54, 1.807) is 42.4 Å². The van der Waals surface area contributed by atoms with Gasteiger partial charge in [0, 0.05) is 19.3 Å².